The zero-order valence-corrected chi connectivity index (χ0v) is 17.6. The second-order valence-corrected chi connectivity index (χ2v) is 7.67. The highest BCUT2D eigenvalue weighted by Crippen LogP contribution is 2.25. The molecule has 1 saturated heterocycles. The van der Waals surface area contributed by atoms with Gasteiger partial charge in [-0.25, -0.2) is 0 Å². The second-order valence-electron chi connectivity index (χ2n) is 7.67. The van der Waals surface area contributed by atoms with Crippen LogP contribution in [0, 0.1) is 13.8 Å². The minimum atomic E-state index is 0.00400. The molecular formula is C23H32N4O. The number of pyridine rings is 1. The van der Waals surface area contributed by atoms with E-state index >= 15 is 0 Å². The smallest absolute Gasteiger partial charge is 0.272 e. The average molecular weight is 381 g/mol. The number of aromatic nitrogens is 1. The van der Waals surface area contributed by atoms with Gasteiger partial charge in [-0.15, -0.1) is 0 Å². The molecular weight excluding hydrogens is 348 g/mol. The molecule has 0 radical (unpaired) electrons. The number of unbranched alkanes of at least 4 members (excludes halogenated alkanes) is 1. The first-order valence-corrected chi connectivity index (χ1v) is 10.3. The Kier molecular flexibility index (Phi) is 6.55. The molecule has 1 aromatic heterocycles. The molecule has 2 heterocycles. The van der Waals surface area contributed by atoms with Gasteiger partial charge in [-0.05, 0) is 49.6 Å². The van der Waals surface area contributed by atoms with Crippen LogP contribution in [0.25, 0.3) is 0 Å². The van der Waals surface area contributed by atoms with Crippen molar-refractivity contribution in [2.24, 2.45) is 0 Å². The first kappa shape index (κ1) is 20.2. The van der Waals surface area contributed by atoms with Crippen molar-refractivity contribution in [1.82, 2.24) is 9.88 Å². The first-order valence-electron chi connectivity index (χ1n) is 10.3. The van der Waals surface area contributed by atoms with Gasteiger partial charge in [-0.1, -0.05) is 25.5 Å². The van der Waals surface area contributed by atoms with Crippen molar-refractivity contribution in [2.75, 3.05) is 49.6 Å². The van der Waals surface area contributed by atoms with Gasteiger partial charge in [0.25, 0.3) is 5.91 Å². The summed E-state index contributed by atoms with van der Waals surface area (Å²) in [5.74, 6) is 0.00400. The third kappa shape index (κ3) is 4.46. The third-order valence-electron chi connectivity index (χ3n) is 5.72. The van der Waals surface area contributed by atoms with Gasteiger partial charge < -0.3 is 14.7 Å². The van der Waals surface area contributed by atoms with Gasteiger partial charge in [-0.3, -0.25) is 9.78 Å². The molecule has 0 atom stereocenters. The Bertz CT molecular complexity index is 812. The molecule has 1 aromatic carbocycles. The van der Waals surface area contributed by atoms with Crippen LogP contribution in [0.15, 0.2) is 36.5 Å². The molecule has 1 aliphatic heterocycles. The standard InChI is InChI=1S/C23H32N4O/c1-5-6-12-25(4)23(28)21-17-20(10-11-24-21)26-13-15-27(16-14-26)22-9-7-8-18(2)19(22)3/h7-11,17H,5-6,12-16H2,1-4H3. The quantitative estimate of drug-likeness (QED) is 0.762. The lowest BCUT2D eigenvalue weighted by Crippen LogP contribution is -2.46. The molecule has 0 spiro atoms. The highest BCUT2D eigenvalue weighted by atomic mass is 16.2. The number of amides is 1. The number of hydrogen-bond acceptors (Lipinski definition) is 4. The van der Waals surface area contributed by atoms with E-state index in [9.17, 15) is 4.79 Å². The van der Waals surface area contributed by atoms with Crippen molar-refractivity contribution in [3.63, 3.8) is 0 Å². The first-order chi connectivity index (χ1) is 13.5. The normalized spacial score (nSPS) is 14.3. The highest BCUT2D eigenvalue weighted by Gasteiger charge is 2.20. The summed E-state index contributed by atoms with van der Waals surface area (Å²) in [7, 11) is 1.86. The van der Waals surface area contributed by atoms with Crippen molar-refractivity contribution in [2.45, 2.75) is 33.6 Å². The van der Waals surface area contributed by atoms with Gasteiger partial charge in [0.1, 0.15) is 5.69 Å². The Morgan fingerprint density at radius 2 is 1.82 bits per heavy atom. The fraction of sp³-hybridized carbons (Fsp3) is 0.478. The third-order valence-corrected chi connectivity index (χ3v) is 5.72. The summed E-state index contributed by atoms with van der Waals surface area (Å²) in [6, 6.07) is 10.5. The van der Waals surface area contributed by atoms with Gasteiger partial charge in [0.05, 0.1) is 0 Å². The van der Waals surface area contributed by atoms with Gasteiger partial charge in [0, 0.05) is 57.3 Å². The summed E-state index contributed by atoms with van der Waals surface area (Å²) in [6.45, 7) is 11.1. The lowest BCUT2D eigenvalue weighted by Gasteiger charge is -2.38. The molecule has 2 aromatic rings. The molecule has 1 fully saturated rings. The number of carbonyl (C=O) groups is 1. The summed E-state index contributed by atoms with van der Waals surface area (Å²) in [6.07, 6.45) is 3.85. The molecule has 150 valence electrons. The van der Waals surface area contributed by atoms with E-state index in [-0.39, 0.29) is 5.91 Å². The van der Waals surface area contributed by atoms with Gasteiger partial charge in [0.2, 0.25) is 0 Å². The van der Waals surface area contributed by atoms with E-state index in [2.05, 4.69) is 53.8 Å². The van der Waals surface area contributed by atoms with E-state index in [0.717, 1.165) is 51.3 Å². The van der Waals surface area contributed by atoms with Crippen molar-refractivity contribution in [1.29, 1.82) is 0 Å². The number of benzene rings is 1. The summed E-state index contributed by atoms with van der Waals surface area (Å²) in [5, 5.41) is 0. The van der Waals surface area contributed by atoms with Crippen LogP contribution in [-0.4, -0.2) is 55.6 Å². The van der Waals surface area contributed by atoms with Crippen molar-refractivity contribution >= 4 is 17.3 Å². The molecule has 3 rings (SSSR count). The van der Waals surface area contributed by atoms with Crippen molar-refractivity contribution < 1.29 is 4.79 Å². The molecule has 5 heteroatoms. The minimum Gasteiger partial charge on any atom is -0.368 e. The molecule has 5 nitrogen and oxygen atoms in total. The Hall–Kier alpha value is -2.56. The fourth-order valence-corrected chi connectivity index (χ4v) is 3.71. The Labute approximate surface area is 169 Å². The summed E-state index contributed by atoms with van der Waals surface area (Å²) in [5.41, 5.74) is 5.66. The van der Waals surface area contributed by atoms with E-state index < -0.39 is 0 Å². The van der Waals surface area contributed by atoms with Crippen LogP contribution in [0.2, 0.25) is 0 Å². The maximum absolute atomic E-state index is 12.6. The Morgan fingerprint density at radius 3 is 2.54 bits per heavy atom. The monoisotopic (exact) mass is 380 g/mol. The second kappa shape index (κ2) is 9.09. The SMILES string of the molecule is CCCCN(C)C(=O)c1cc(N2CCN(c3cccc(C)c3C)CC2)ccn1. The number of hydrogen-bond donors (Lipinski definition) is 0. The van der Waals surface area contributed by atoms with Crippen LogP contribution >= 0.6 is 0 Å². The lowest BCUT2D eigenvalue weighted by molar-refractivity contribution is 0.0787. The largest absolute Gasteiger partial charge is 0.368 e. The van der Waals surface area contributed by atoms with Crippen molar-refractivity contribution in [3.8, 4) is 0 Å². The molecule has 1 amide bonds. The van der Waals surface area contributed by atoms with E-state index in [1.165, 1.54) is 16.8 Å². The van der Waals surface area contributed by atoms with E-state index in [0.29, 0.717) is 5.69 Å². The van der Waals surface area contributed by atoms with Gasteiger partial charge in [-0.2, -0.15) is 0 Å². The van der Waals surface area contributed by atoms with Crippen LogP contribution < -0.4 is 9.80 Å². The van der Waals surface area contributed by atoms with Crippen molar-refractivity contribution in [3.05, 3.63) is 53.3 Å². The van der Waals surface area contributed by atoms with Gasteiger partial charge in [0.15, 0.2) is 0 Å². The highest BCUT2D eigenvalue weighted by molar-refractivity contribution is 5.93. The topological polar surface area (TPSA) is 39.7 Å². The average Bonchev–Trinajstić information content (AvgIpc) is 2.73. The molecule has 0 aliphatic carbocycles. The molecule has 0 bridgehead atoms. The Balaban J connectivity index is 1.66. The maximum Gasteiger partial charge on any atom is 0.272 e. The molecule has 1 aliphatic rings. The number of aryl methyl sites for hydroxylation is 1. The number of rotatable bonds is 6. The van der Waals surface area contributed by atoms with E-state index in [4.69, 9.17) is 0 Å². The number of nitrogens with zero attached hydrogens (tertiary/aromatic N) is 4. The molecule has 0 saturated carbocycles. The molecule has 0 N–H and O–H groups in total. The zero-order valence-electron chi connectivity index (χ0n) is 17.6. The number of piperazine rings is 1. The number of carbonyl (C=O) groups excluding carboxylic acids is 1. The van der Waals surface area contributed by atoms with E-state index in [1.807, 2.05) is 19.2 Å². The predicted molar refractivity (Wildman–Crippen MR) is 116 cm³/mol. The van der Waals surface area contributed by atoms with Crippen LogP contribution in [0.3, 0.4) is 0 Å². The zero-order chi connectivity index (χ0) is 20.1. The minimum absolute atomic E-state index is 0.00400. The molecule has 0 unspecified atom stereocenters. The van der Waals surface area contributed by atoms with Crippen LogP contribution in [0.4, 0.5) is 11.4 Å². The number of anilines is 2. The fourth-order valence-electron chi connectivity index (χ4n) is 3.71. The van der Waals surface area contributed by atoms with Gasteiger partial charge >= 0.3 is 0 Å². The summed E-state index contributed by atoms with van der Waals surface area (Å²) >= 11 is 0. The predicted octanol–water partition coefficient (Wildman–Crippen LogP) is 3.90. The molecule has 28 heavy (non-hydrogen) atoms. The summed E-state index contributed by atoms with van der Waals surface area (Å²) < 4.78 is 0. The Morgan fingerprint density at radius 1 is 1.11 bits per heavy atom. The summed E-state index contributed by atoms with van der Waals surface area (Å²) in [4.78, 5) is 23.5. The van der Waals surface area contributed by atoms with E-state index in [1.54, 1.807) is 11.1 Å². The lowest BCUT2D eigenvalue weighted by atomic mass is 10.1. The van der Waals surface area contributed by atoms with Crippen LogP contribution in [-0.2, 0) is 0 Å². The van der Waals surface area contributed by atoms with Crippen LogP contribution in [0.5, 0.6) is 0 Å². The van der Waals surface area contributed by atoms with Crippen LogP contribution in [0.1, 0.15) is 41.4 Å². The maximum atomic E-state index is 12.6.